The quantitative estimate of drug-likeness (QED) is 0.680. The molecule has 0 spiro atoms. The largest absolute Gasteiger partial charge is 0.464 e. The first-order chi connectivity index (χ1) is 11.5. The third-order valence-corrected chi connectivity index (χ3v) is 4.61. The van der Waals surface area contributed by atoms with Crippen LogP contribution in [0.2, 0.25) is 0 Å². The van der Waals surface area contributed by atoms with E-state index in [-0.39, 0.29) is 18.0 Å². The first kappa shape index (κ1) is 16.3. The van der Waals surface area contributed by atoms with Gasteiger partial charge in [0.1, 0.15) is 16.7 Å². The molecule has 0 amide bonds. The standard InChI is InChI=1S/C17H15FN2O3S/c1-3-23-17(22)10(2)20-9-19-15-14(16(20)21)13(8-24-15)11-4-6-12(18)7-5-11/h4-10H,3H2,1-2H3/t10-/m0/s1. The van der Waals surface area contributed by atoms with Crippen LogP contribution in [0, 0.1) is 5.82 Å². The average Bonchev–Trinajstić information content (AvgIpc) is 3.00. The fourth-order valence-electron chi connectivity index (χ4n) is 2.44. The molecular formula is C17H15FN2O3S. The van der Waals surface area contributed by atoms with Crippen molar-refractivity contribution in [2.45, 2.75) is 19.9 Å². The number of benzene rings is 1. The van der Waals surface area contributed by atoms with E-state index >= 15 is 0 Å². The maximum Gasteiger partial charge on any atom is 0.328 e. The van der Waals surface area contributed by atoms with Gasteiger partial charge in [-0.25, -0.2) is 14.2 Å². The summed E-state index contributed by atoms with van der Waals surface area (Å²) < 4.78 is 19.4. The first-order valence-corrected chi connectivity index (χ1v) is 8.31. The summed E-state index contributed by atoms with van der Waals surface area (Å²) in [5.41, 5.74) is 1.09. The number of halogens is 1. The van der Waals surface area contributed by atoms with E-state index in [9.17, 15) is 14.0 Å². The Labute approximate surface area is 141 Å². The van der Waals surface area contributed by atoms with Gasteiger partial charge in [-0.1, -0.05) is 12.1 Å². The minimum atomic E-state index is -0.768. The molecule has 0 unspecified atom stereocenters. The van der Waals surface area contributed by atoms with E-state index in [0.717, 1.165) is 5.56 Å². The second kappa shape index (κ2) is 6.52. The summed E-state index contributed by atoms with van der Waals surface area (Å²) in [5, 5.41) is 2.23. The summed E-state index contributed by atoms with van der Waals surface area (Å²) >= 11 is 1.33. The maximum absolute atomic E-state index is 13.1. The highest BCUT2D eigenvalue weighted by Crippen LogP contribution is 2.30. The highest BCUT2D eigenvalue weighted by atomic mass is 32.1. The predicted octanol–water partition coefficient (Wildman–Crippen LogP) is 3.39. The van der Waals surface area contributed by atoms with Crippen molar-refractivity contribution >= 4 is 27.5 Å². The van der Waals surface area contributed by atoms with Crippen molar-refractivity contribution in [3.63, 3.8) is 0 Å². The lowest BCUT2D eigenvalue weighted by Gasteiger charge is -2.13. The van der Waals surface area contributed by atoms with Crippen LogP contribution in [0.15, 0.2) is 40.8 Å². The van der Waals surface area contributed by atoms with Gasteiger partial charge in [-0.2, -0.15) is 0 Å². The Bertz CT molecular complexity index is 947. The van der Waals surface area contributed by atoms with E-state index < -0.39 is 12.0 Å². The Hall–Kier alpha value is -2.54. The van der Waals surface area contributed by atoms with Gasteiger partial charge in [0.2, 0.25) is 0 Å². The van der Waals surface area contributed by atoms with E-state index in [2.05, 4.69) is 4.98 Å². The molecule has 0 bridgehead atoms. The van der Waals surface area contributed by atoms with Gasteiger partial charge in [-0.05, 0) is 31.5 Å². The minimum absolute atomic E-state index is 0.243. The number of carbonyl (C=O) groups is 1. The third-order valence-electron chi connectivity index (χ3n) is 3.72. The second-order valence-corrected chi connectivity index (χ2v) is 6.08. The van der Waals surface area contributed by atoms with Crippen LogP contribution in [-0.2, 0) is 9.53 Å². The number of thiophene rings is 1. The molecule has 0 N–H and O–H groups in total. The van der Waals surface area contributed by atoms with Crippen molar-refractivity contribution in [3.05, 3.63) is 52.1 Å². The number of rotatable bonds is 4. The van der Waals surface area contributed by atoms with Gasteiger partial charge in [0.05, 0.1) is 18.3 Å². The monoisotopic (exact) mass is 346 g/mol. The Morgan fingerprint density at radius 2 is 2.08 bits per heavy atom. The van der Waals surface area contributed by atoms with Crippen molar-refractivity contribution in [2.75, 3.05) is 6.61 Å². The molecule has 1 aromatic carbocycles. The molecule has 3 aromatic rings. The first-order valence-electron chi connectivity index (χ1n) is 7.43. The Morgan fingerprint density at radius 1 is 1.38 bits per heavy atom. The summed E-state index contributed by atoms with van der Waals surface area (Å²) in [7, 11) is 0. The van der Waals surface area contributed by atoms with Gasteiger partial charge in [-0.15, -0.1) is 11.3 Å². The molecule has 2 aromatic heterocycles. The number of carbonyl (C=O) groups excluding carboxylic acids is 1. The van der Waals surface area contributed by atoms with Gasteiger partial charge in [-0.3, -0.25) is 9.36 Å². The van der Waals surface area contributed by atoms with E-state index in [1.807, 2.05) is 5.38 Å². The number of nitrogens with zero attached hydrogens (tertiary/aromatic N) is 2. The molecule has 0 saturated carbocycles. The fourth-order valence-corrected chi connectivity index (χ4v) is 3.35. The summed E-state index contributed by atoms with van der Waals surface area (Å²) in [4.78, 5) is 29.6. The lowest BCUT2D eigenvalue weighted by atomic mass is 10.1. The SMILES string of the molecule is CCOC(=O)[C@H](C)n1cnc2scc(-c3ccc(F)cc3)c2c1=O. The Balaban J connectivity index is 2.14. The number of esters is 1. The smallest absolute Gasteiger partial charge is 0.328 e. The zero-order chi connectivity index (χ0) is 17.3. The van der Waals surface area contributed by atoms with E-state index in [1.165, 1.54) is 34.4 Å². The van der Waals surface area contributed by atoms with Crippen LogP contribution >= 0.6 is 11.3 Å². The molecule has 7 heteroatoms. The summed E-state index contributed by atoms with van der Waals surface area (Å²) in [6.45, 7) is 3.55. The minimum Gasteiger partial charge on any atom is -0.464 e. The Kier molecular flexibility index (Phi) is 4.44. The van der Waals surface area contributed by atoms with E-state index in [1.54, 1.807) is 26.0 Å². The van der Waals surface area contributed by atoms with Gasteiger partial charge >= 0.3 is 5.97 Å². The summed E-state index contributed by atoms with van der Waals surface area (Å²) in [6.07, 6.45) is 1.36. The van der Waals surface area contributed by atoms with E-state index in [0.29, 0.717) is 15.8 Å². The van der Waals surface area contributed by atoms with Crippen LogP contribution in [-0.4, -0.2) is 22.1 Å². The number of fused-ring (bicyclic) bond motifs is 1. The normalized spacial score (nSPS) is 12.3. The number of hydrogen-bond donors (Lipinski definition) is 0. The van der Waals surface area contributed by atoms with Crippen molar-refractivity contribution in [2.24, 2.45) is 0 Å². The van der Waals surface area contributed by atoms with Crippen molar-refractivity contribution in [3.8, 4) is 11.1 Å². The molecular weight excluding hydrogens is 331 g/mol. The second-order valence-electron chi connectivity index (χ2n) is 5.22. The lowest BCUT2D eigenvalue weighted by molar-refractivity contribution is -0.146. The van der Waals surface area contributed by atoms with Crippen molar-refractivity contribution in [1.29, 1.82) is 0 Å². The van der Waals surface area contributed by atoms with Gasteiger partial charge in [0.15, 0.2) is 0 Å². The van der Waals surface area contributed by atoms with Crippen LogP contribution in [0.25, 0.3) is 21.3 Å². The van der Waals surface area contributed by atoms with E-state index in [4.69, 9.17) is 4.74 Å². The van der Waals surface area contributed by atoms with Gasteiger partial charge in [0, 0.05) is 10.9 Å². The van der Waals surface area contributed by atoms with Crippen LogP contribution in [0.5, 0.6) is 0 Å². The molecule has 3 rings (SSSR count). The molecule has 0 aliphatic heterocycles. The highest BCUT2D eigenvalue weighted by molar-refractivity contribution is 7.17. The number of ether oxygens (including phenoxy) is 1. The predicted molar refractivity (Wildman–Crippen MR) is 90.6 cm³/mol. The zero-order valence-electron chi connectivity index (χ0n) is 13.2. The summed E-state index contributed by atoms with van der Waals surface area (Å²) in [6, 6.07) is 5.14. The molecule has 0 fully saturated rings. The Morgan fingerprint density at radius 3 is 2.75 bits per heavy atom. The summed E-state index contributed by atoms with van der Waals surface area (Å²) in [5.74, 6) is -0.830. The molecule has 124 valence electrons. The third kappa shape index (κ3) is 2.82. The topological polar surface area (TPSA) is 61.2 Å². The fraction of sp³-hybridized carbons (Fsp3) is 0.235. The van der Waals surface area contributed by atoms with Crippen LogP contribution in [0.4, 0.5) is 4.39 Å². The van der Waals surface area contributed by atoms with Crippen LogP contribution in [0.3, 0.4) is 0 Å². The molecule has 2 heterocycles. The maximum atomic E-state index is 13.1. The molecule has 0 radical (unpaired) electrons. The lowest BCUT2D eigenvalue weighted by Crippen LogP contribution is -2.29. The molecule has 1 atom stereocenters. The highest BCUT2D eigenvalue weighted by Gasteiger charge is 2.21. The molecule has 5 nitrogen and oxygen atoms in total. The molecule has 24 heavy (non-hydrogen) atoms. The van der Waals surface area contributed by atoms with Gasteiger partial charge in [0.25, 0.3) is 5.56 Å². The number of hydrogen-bond acceptors (Lipinski definition) is 5. The number of aromatic nitrogens is 2. The van der Waals surface area contributed by atoms with Crippen LogP contribution in [0.1, 0.15) is 19.9 Å². The van der Waals surface area contributed by atoms with Crippen LogP contribution < -0.4 is 5.56 Å². The average molecular weight is 346 g/mol. The van der Waals surface area contributed by atoms with Gasteiger partial charge < -0.3 is 4.74 Å². The molecule has 0 saturated heterocycles. The zero-order valence-corrected chi connectivity index (χ0v) is 14.0. The van der Waals surface area contributed by atoms with Crippen molar-refractivity contribution in [1.82, 2.24) is 9.55 Å². The molecule has 0 aliphatic carbocycles. The van der Waals surface area contributed by atoms with Crippen molar-refractivity contribution < 1.29 is 13.9 Å². The molecule has 0 aliphatic rings.